The van der Waals surface area contributed by atoms with E-state index in [0.717, 1.165) is 5.75 Å². The number of benzene rings is 2. The highest BCUT2D eigenvalue weighted by Gasteiger charge is 2.11. The molecule has 0 amide bonds. The van der Waals surface area contributed by atoms with Gasteiger partial charge in [-0.2, -0.15) is 0 Å². The predicted octanol–water partition coefficient (Wildman–Crippen LogP) is 5.61. The van der Waals surface area contributed by atoms with E-state index >= 15 is 0 Å². The molecule has 0 aliphatic rings. The fourth-order valence-corrected chi connectivity index (χ4v) is 2.56. The summed E-state index contributed by atoms with van der Waals surface area (Å²) in [5.74, 6) is 2.01. The largest absolute Gasteiger partial charge is 0.497 e. The summed E-state index contributed by atoms with van der Waals surface area (Å²) >= 11 is 0. The monoisotopic (exact) mass is 268 g/mol. The molecule has 0 spiro atoms. The molecule has 0 aromatic heterocycles. The Bertz CT molecular complexity index is 565. The number of ether oxygens (including phenoxy) is 1. The van der Waals surface area contributed by atoms with E-state index in [4.69, 9.17) is 4.74 Å². The Morgan fingerprint density at radius 1 is 0.700 bits per heavy atom. The second-order valence-corrected chi connectivity index (χ2v) is 5.88. The van der Waals surface area contributed by atoms with Crippen molar-refractivity contribution in [1.82, 2.24) is 0 Å². The van der Waals surface area contributed by atoms with Gasteiger partial charge in [0.05, 0.1) is 7.11 Å². The molecule has 106 valence electrons. The molecule has 20 heavy (non-hydrogen) atoms. The van der Waals surface area contributed by atoms with Gasteiger partial charge in [0.25, 0.3) is 0 Å². The fourth-order valence-electron chi connectivity index (χ4n) is 2.56. The molecule has 0 unspecified atom stereocenters. The van der Waals surface area contributed by atoms with Crippen LogP contribution in [0.4, 0.5) is 0 Å². The third-order valence-electron chi connectivity index (χ3n) is 3.75. The van der Waals surface area contributed by atoms with Crippen LogP contribution in [0.1, 0.15) is 50.7 Å². The van der Waals surface area contributed by atoms with Crippen LogP contribution in [0, 0.1) is 0 Å². The molecule has 1 heteroatoms. The molecule has 2 rings (SSSR count). The highest BCUT2D eigenvalue weighted by Crippen LogP contribution is 2.31. The van der Waals surface area contributed by atoms with Crippen molar-refractivity contribution in [3.63, 3.8) is 0 Å². The van der Waals surface area contributed by atoms with Crippen molar-refractivity contribution in [2.45, 2.75) is 39.5 Å². The first-order valence-electron chi connectivity index (χ1n) is 7.31. The standard InChI is InChI=1S/C19H24O/c1-13(2)18-11-8-16(12-19(18)14(3)4)15-6-9-17(20-5)10-7-15/h6-14H,1-5H3. The van der Waals surface area contributed by atoms with E-state index in [-0.39, 0.29) is 0 Å². The van der Waals surface area contributed by atoms with Gasteiger partial charge in [-0.15, -0.1) is 0 Å². The zero-order valence-corrected chi connectivity index (χ0v) is 13.1. The maximum absolute atomic E-state index is 5.22. The zero-order chi connectivity index (χ0) is 14.7. The summed E-state index contributed by atoms with van der Waals surface area (Å²) in [5.41, 5.74) is 5.43. The zero-order valence-electron chi connectivity index (χ0n) is 13.1. The maximum Gasteiger partial charge on any atom is 0.118 e. The van der Waals surface area contributed by atoms with E-state index in [2.05, 4.69) is 58.0 Å². The highest BCUT2D eigenvalue weighted by atomic mass is 16.5. The molecule has 0 saturated carbocycles. The van der Waals surface area contributed by atoms with Gasteiger partial charge in [0.15, 0.2) is 0 Å². The quantitative estimate of drug-likeness (QED) is 0.700. The Kier molecular flexibility index (Phi) is 4.49. The van der Waals surface area contributed by atoms with Gasteiger partial charge in [-0.25, -0.2) is 0 Å². The van der Waals surface area contributed by atoms with E-state index in [9.17, 15) is 0 Å². The first-order chi connectivity index (χ1) is 9.52. The molecule has 0 saturated heterocycles. The summed E-state index contributed by atoms with van der Waals surface area (Å²) in [6, 6.07) is 15.1. The Hall–Kier alpha value is -1.76. The van der Waals surface area contributed by atoms with E-state index in [0.29, 0.717) is 11.8 Å². The summed E-state index contributed by atoms with van der Waals surface area (Å²) in [4.78, 5) is 0. The first kappa shape index (κ1) is 14.6. The number of methoxy groups -OCH3 is 1. The first-order valence-corrected chi connectivity index (χ1v) is 7.31. The van der Waals surface area contributed by atoms with Gasteiger partial charge < -0.3 is 4.74 Å². The van der Waals surface area contributed by atoms with E-state index in [1.807, 2.05) is 12.1 Å². The molecule has 0 atom stereocenters. The minimum Gasteiger partial charge on any atom is -0.497 e. The lowest BCUT2D eigenvalue weighted by Gasteiger charge is -2.17. The lowest BCUT2D eigenvalue weighted by atomic mass is 9.88. The van der Waals surface area contributed by atoms with Crippen molar-refractivity contribution in [3.8, 4) is 16.9 Å². The van der Waals surface area contributed by atoms with Gasteiger partial charge in [0, 0.05) is 0 Å². The lowest BCUT2D eigenvalue weighted by Crippen LogP contribution is -1.99. The fraction of sp³-hybridized carbons (Fsp3) is 0.368. The molecule has 0 fully saturated rings. The number of hydrogen-bond acceptors (Lipinski definition) is 1. The van der Waals surface area contributed by atoms with Crippen molar-refractivity contribution in [3.05, 3.63) is 53.6 Å². The third-order valence-corrected chi connectivity index (χ3v) is 3.75. The van der Waals surface area contributed by atoms with Gasteiger partial charge in [-0.1, -0.05) is 58.0 Å². The molecule has 0 bridgehead atoms. The third kappa shape index (κ3) is 3.04. The van der Waals surface area contributed by atoms with Gasteiger partial charge in [-0.05, 0) is 46.2 Å². The topological polar surface area (TPSA) is 9.23 Å². The molecule has 0 heterocycles. The summed E-state index contributed by atoms with van der Waals surface area (Å²) in [7, 11) is 1.70. The van der Waals surface area contributed by atoms with Gasteiger partial charge >= 0.3 is 0 Å². The molecule has 2 aromatic carbocycles. The second kappa shape index (κ2) is 6.13. The summed E-state index contributed by atoms with van der Waals surface area (Å²) < 4.78 is 5.22. The summed E-state index contributed by atoms with van der Waals surface area (Å²) in [6.45, 7) is 9.04. The van der Waals surface area contributed by atoms with Crippen molar-refractivity contribution < 1.29 is 4.74 Å². The van der Waals surface area contributed by atoms with Crippen LogP contribution in [0.2, 0.25) is 0 Å². The summed E-state index contributed by atoms with van der Waals surface area (Å²) in [6.07, 6.45) is 0. The van der Waals surface area contributed by atoms with Crippen LogP contribution in [0.25, 0.3) is 11.1 Å². The molecule has 0 radical (unpaired) electrons. The smallest absolute Gasteiger partial charge is 0.118 e. The molecular formula is C19H24O. The normalized spacial score (nSPS) is 11.2. The molecule has 0 aliphatic carbocycles. The maximum atomic E-state index is 5.22. The SMILES string of the molecule is COc1ccc(-c2ccc(C(C)C)c(C(C)C)c2)cc1. The molecule has 0 aliphatic heterocycles. The molecule has 2 aromatic rings. The van der Waals surface area contributed by atoms with E-state index in [1.165, 1.54) is 22.3 Å². The van der Waals surface area contributed by atoms with Crippen LogP contribution in [0.3, 0.4) is 0 Å². The van der Waals surface area contributed by atoms with Crippen molar-refractivity contribution in [2.75, 3.05) is 7.11 Å². The average molecular weight is 268 g/mol. The van der Waals surface area contributed by atoms with Crippen molar-refractivity contribution in [2.24, 2.45) is 0 Å². The average Bonchev–Trinajstić information content (AvgIpc) is 2.46. The second-order valence-electron chi connectivity index (χ2n) is 5.88. The minimum absolute atomic E-state index is 0.547. The molecule has 1 nitrogen and oxygen atoms in total. The van der Waals surface area contributed by atoms with Gasteiger partial charge in [-0.3, -0.25) is 0 Å². The Balaban J connectivity index is 2.44. The van der Waals surface area contributed by atoms with Gasteiger partial charge in [0.2, 0.25) is 0 Å². The van der Waals surface area contributed by atoms with Crippen LogP contribution in [-0.4, -0.2) is 7.11 Å². The predicted molar refractivity (Wildman–Crippen MR) is 86.6 cm³/mol. The van der Waals surface area contributed by atoms with E-state index < -0.39 is 0 Å². The van der Waals surface area contributed by atoms with Gasteiger partial charge in [0.1, 0.15) is 5.75 Å². The van der Waals surface area contributed by atoms with Crippen LogP contribution < -0.4 is 4.74 Å². The van der Waals surface area contributed by atoms with Crippen LogP contribution in [0.15, 0.2) is 42.5 Å². The van der Waals surface area contributed by atoms with Crippen LogP contribution in [0.5, 0.6) is 5.75 Å². The lowest BCUT2D eigenvalue weighted by molar-refractivity contribution is 0.415. The van der Waals surface area contributed by atoms with Crippen LogP contribution in [-0.2, 0) is 0 Å². The van der Waals surface area contributed by atoms with Crippen molar-refractivity contribution in [1.29, 1.82) is 0 Å². The Labute approximate surface area is 122 Å². The number of hydrogen-bond donors (Lipinski definition) is 0. The minimum atomic E-state index is 0.547. The van der Waals surface area contributed by atoms with Crippen LogP contribution >= 0.6 is 0 Å². The molecular weight excluding hydrogens is 244 g/mol. The summed E-state index contributed by atoms with van der Waals surface area (Å²) in [5, 5.41) is 0. The Morgan fingerprint density at radius 2 is 1.25 bits per heavy atom. The van der Waals surface area contributed by atoms with E-state index in [1.54, 1.807) is 7.11 Å². The highest BCUT2D eigenvalue weighted by molar-refractivity contribution is 5.66. The Morgan fingerprint density at radius 3 is 1.75 bits per heavy atom. The van der Waals surface area contributed by atoms with Crippen molar-refractivity contribution >= 4 is 0 Å². The molecule has 0 N–H and O–H groups in total. The number of rotatable bonds is 4.